The van der Waals surface area contributed by atoms with Crippen molar-refractivity contribution in [1.29, 1.82) is 0 Å². The highest BCUT2D eigenvalue weighted by atomic mass is 16.4. The van der Waals surface area contributed by atoms with Crippen LogP contribution < -0.4 is 5.32 Å². The maximum absolute atomic E-state index is 11.8. The molecule has 0 saturated heterocycles. The van der Waals surface area contributed by atoms with Gasteiger partial charge in [-0.2, -0.15) is 0 Å². The number of carbonyl (C=O) groups is 2. The van der Waals surface area contributed by atoms with E-state index in [0.717, 1.165) is 0 Å². The number of hydrogen-bond donors (Lipinski definition) is 2. The molecule has 0 aliphatic carbocycles. The van der Waals surface area contributed by atoms with Gasteiger partial charge in [0, 0.05) is 19.1 Å². The predicted octanol–water partition coefficient (Wildman–Crippen LogP) is 1.78. The molecule has 0 radical (unpaired) electrons. The maximum atomic E-state index is 11.8. The largest absolute Gasteiger partial charge is 0.481 e. The van der Waals surface area contributed by atoms with E-state index in [0.29, 0.717) is 6.54 Å². The summed E-state index contributed by atoms with van der Waals surface area (Å²) in [6, 6.07) is -0.0864. The van der Waals surface area contributed by atoms with Crippen molar-refractivity contribution in [2.45, 2.75) is 40.7 Å². The van der Waals surface area contributed by atoms with Crippen LogP contribution in [0.3, 0.4) is 0 Å². The minimum atomic E-state index is -0.868. The van der Waals surface area contributed by atoms with Gasteiger partial charge in [0.15, 0.2) is 0 Å². The number of rotatable bonds is 6. The smallest absolute Gasteiger partial charge is 0.317 e. The van der Waals surface area contributed by atoms with E-state index in [1.807, 2.05) is 34.6 Å². The van der Waals surface area contributed by atoms with Gasteiger partial charge in [0.05, 0.1) is 5.92 Å². The summed E-state index contributed by atoms with van der Waals surface area (Å²) >= 11 is 0. The van der Waals surface area contributed by atoms with Gasteiger partial charge in [-0.15, -0.1) is 0 Å². The first-order valence-corrected chi connectivity index (χ1v) is 6.08. The highest BCUT2D eigenvalue weighted by molar-refractivity contribution is 5.76. The predicted molar refractivity (Wildman–Crippen MR) is 66.9 cm³/mol. The van der Waals surface area contributed by atoms with Crippen molar-refractivity contribution in [1.82, 2.24) is 10.2 Å². The first kappa shape index (κ1) is 15.7. The molecule has 0 aliphatic rings. The van der Waals surface area contributed by atoms with E-state index in [-0.39, 0.29) is 24.5 Å². The summed E-state index contributed by atoms with van der Waals surface area (Å²) in [6.07, 6.45) is 0. The molecule has 0 heterocycles. The molecule has 17 heavy (non-hydrogen) atoms. The van der Waals surface area contributed by atoms with E-state index in [9.17, 15) is 9.59 Å². The van der Waals surface area contributed by atoms with Crippen LogP contribution in [0, 0.1) is 11.8 Å². The number of carboxylic acid groups (broad SMARTS) is 1. The number of nitrogens with zero attached hydrogens (tertiary/aromatic N) is 1. The van der Waals surface area contributed by atoms with Crippen LogP contribution in [-0.4, -0.2) is 41.1 Å². The molecule has 5 heteroatoms. The molecule has 0 aromatic carbocycles. The Hall–Kier alpha value is -1.26. The monoisotopic (exact) mass is 244 g/mol. The number of urea groups is 1. The van der Waals surface area contributed by atoms with Gasteiger partial charge in [0.1, 0.15) is 0 Å². The molecule has 0 rings (SSSR count). The van der Waals surface area contributed by atoms with Crippen LogP contribution >= 0.6 is 0 Å². The maximum Gasteiger partial charge on any atom is 0.317 e. The van der Waals surface area contributed by atoms with Crippen LogP contribution in [-0.2, 0) is 4.79 Å². The third-order valence-corrected chi connectivity index (χ3v) is 2.82. The Morgan fingerprint density at radius 3 is 2.06 bits per heavy atom. The van der Waals surface area contributed by atoms with Gasteiger partial charge in [-0.1, -0.05) is 13.8 Å². The minimum Gasteiger partial charge on any atom is -0.481 e. The molecule has 0 aromatic heterocycles. The number of carboxylic acids is 1. The van der Waals surface area contributed by atoms with E-state index in [4.69, 9.17) is 5.11 Å². The second-order valence-electron chi connectivity index (χ2n) is 4.75. The van der Waals surface area contributed by atoms with Gasteiger partial charge in [0.2, 0.25) is 0 Å². The third-order valence-electron chi connectivity index (χ3n) is 2.82. The molecule has 1 unspecified atom stereocenters. The molecule has 2 amide bonds. The highest BCUT2D eigenvalue weighted by Crippen LogP contribution is 2.10. The van der Waals surface area contributed by atoms with Crippen LogP contribution in [0.2, 0.25) is 0 Å². The van der Waals surface area contributed by atoms with E-state index in [1.54, 1.807) is 4.90 Å². The molecule has 2 N–H and O–H groups in total. The Kier molecular flexibility index (Phi) is 6.61. The van der Waals surface area contributed by atoms with E-state index in [1.165, 1.54) is 0 Å². The second kappa shape index (κ2) is 7.14. The van der Waals surface area contributed by atoms with Crippen LogP contribution in [0.5, 0.6) is 0 Å². The molecule has 0 spiro atoms. The van der Waals surface area contributed by atoms with Crippen molar-refractivity contribution >= 4 is 12.0 Å². The first-order valence-electron chi connectivity index (χ1n) is 6.08. The average molecular weight is 244 g/mol. The number of aliphatic carboxylic acids is 1. The lowest BCUT2D eigenvalue weighted by Crippen LogP contribution is -2.46. The number of nitrogens with one attached hydrogen (secondary N) is 1. The lowest BCUT2D eigenvalue weighted by atomic mass is 9.96. The SMILES string of the molecule is CCN(C(=O)NCC(C(=O)O)C(C)C)C(C)C. The summed E-state index contributed by atoms with van der Waals surface area (Å²) in [4.78, 5) is 24.4. The van der Waals surface area contributed by atoms with Crippen molar-refractivity contribution < 1.29 is 14.7 Å². The van der Waals surface area contributed by atoms with Gasteiger partial charge in [-0.3, -0.25) is 4.79 Å². The second-order valence-corrected chi connectivity index (χ2v) is 4.75. The van der Waals surface area contributed by atoms with Crippen LogP contribution in [0.25, 0.3) is 0 Å². The molecule has 0 aliphatic heterocycles. The Morgan fingerprint density at radius 1 is 1.24 bits per heavy atom. The van der Waals surface area contributed by atoms with Crippen LogP contribution in [0.1, 0.15) is 34.6 Å². The Balaban J connectivity index is 4.35. The molecule has 100 valence electrons. The molecule has 0 aromatic rings. The summed E-state index contributed by atoms with van der Waals surface area (Å²) in [5, 5.41) is 11.7. The summed E-state index contributed by atoms with van der Waals surface area (Å²) in [5.74, 6) is -1.40. The first-order chi connectivity index (χ1) is 7.81. The van der Waals surface area contributed by atoms with Crippen molar-refractivity contribution in [2.75, 3.05) is 13.1 Å². The molecule has 5 nitrogen and oxygen atoms in total. The lowest BCUT2D eigenvalue weighted by molar-refractivity contribution is -0.142. The normalized spacial score (nSPS) is 12.6. The van der Waals surface area contributed by atoms with Crippen molar-refractivity contribution in [3.8, 4) is 0 Å². The van der Waals surface area contributed by atoms with Gasteiger partial charge in [0.25, 0.3) is 0 Å². The molecule has 0 bridgehead atoms. The summed E-state index contributed by atoms with van der Waals surface area (Å²) in [5.41, 5.74) is 0. The van der Waals surface area contributed by atoms with Crippen LogP contribution in [0.15, 0.2) is 0 Å². The standard InChI is InChI=1S/C12H24N2O3/c1-6-14(9(4)5)12(17)13-7-10(8(2)3)11(15)16/h8-10H,6-7H2,1-5H3,(H,13,17)(H,15,16). The van der Waals surface area contributed by atoms with Crippen molar-refractivity contribution in [3.05, 3.63) is 0 Å². The number of hydrogen-bond acceptors (Lipinski definition) is 2. The highest BCUT2D eigenvalue weighted by Gasteiger charge is 2.23. The van der Waals surface area contributed by atoms with Gasteiger partial charge in [-0.25, -0.2) is 4.79 Å². The molecule has 0 saturated carbocycles. The summed E-state index contributed by atoms with van der Waals surface area (Å²) < 4.78 is 0. The fourth-order valence-corrected chi connectivity index (χ4v) is 1.65. The lowest BCUT2D eigenvalue weighted by Gasteiger charge is -2.26. The summed E-state index contributed by atoms with van der Waals surface area (Å²) in [7, 11) is 0. The zero-order valence-electron chi connectivity index (χ0n) is 11.4. The van der Waals surface area contributed by atoms with E-state index in [2.05, 4.69) is 5.32 Å². The van der Waals surface area contributed by atoms with Gasteiger partial charge >= 0.3 is 12.0 Å². The van der Waals surface area contributed by atoms with E-state index >= 15 is 0 Å². The molecule has 1 atom stereocenters. The van der Waals surface area contributed by atoms with Gasteiger partial charge in [-0.05, 0) is 26.7 Å². The number of amides is 2. The summed E-state index contributed by atoms with van der Waals surface area (Å²) in [6.45, 7) is 10.2. The van der Waals surface area contributed by atoms with Crippen LogP contribution in [0.4, 0.5) is 4.79 Å². The Labute approximate surface area is 103 Å². The number of carbonyl (C=O) groups excluding carboxylic acids is 1. The molecular formula is C12H24N2O3. The third kappa shape index (κ3) is 5.06. The Bertz CT molecular complexity index is 264. The fourth-order valence-electron chi connectivity index (χ4n) is 1.65. The molecule has 0 fully saturated rings. The van der Waals surface area contributed by atoms with Crippen molar-refractivity contribution in [3.63, 3.8) is 0 Å². The minimum absolute atomic E-state index is 0.00178. The van der Waals surface area contributed by atoms with Crippen molar-refractivity contribution in [2.24, 2.45) is 11.8 Å². The quantitative estimate of drug-likeness (QED) is 0.748. The zero-order chi connectivity index (χ0) is 13.6. The average Bonchev–Trinajstić information content (AvgIpc) is 2.16. The topological polar surface area (TPSA) is 69.6 Å². The molecular weight excluding hydrogens is 220 g/mol. The fraction of sp³-hybridized carbons (Fsp3) is 0.833. The zero-order valence-corrected chi connectivity index (χ0v) is 11.4. The van der Waals surface area contributed by atoms with Gasteiger partial charge < -0.3 is 15.3 Å². The van der Waals surface area contributed by atoms with E-state index < -0.39 is 11.9 Å². The Morgan fingerprint density at radius 2 is 1.76 bits per heavy atom.